The molecule has 1 spiro atoms. The molecule has 3 fully saturated rings. The third-order valence-corrected chi connectivity index (χ3v) is 6.99. The minimum Gasteiger partial charge on any atom is -0.467 e. The predicted octanol–water partition coefficient (Wildman–Crippen LogP) is 3.54. The van der Waals surface area contributed by atoms with Crippen LogP contribution in [0.4, 0.5) is 0 Å². The lowest BCUT2D eigenvalue weighted by Crippen LogP contribution is -2.46. The van der Waals surface area contributed by atoms with E-state index < -0.39 is 12.0 Å². The normalized spacial score (nSPS) is 29.3. The average molecular weight is 363 g/mol. The highest BCUT2D eigenvalue weighted by Gasteiger charge is 2.43. The van der Waals surface area contributed by atoms with Crippen LogP contribution in [0.5, 0.6) is 0 Å². The Bertz CT molecular complexity index is 538. The fraction of sp³-hybridized carbons (Fsp3) is 0.857. The van der Waals surface area contributed by atoms with E-state index in [4.69, 9.17) is 4.74 Å². The van der Waals surface area contributed by atoms with Crippen molar-refractivity contribution in [3.63, 3.8) is 0 Å². The van der Waals surface area contributed by atoms with Gasteiger partial charge < -0.3 is 10.1 Å². The minimum atomic E-state index is -0.692. The fourth-order valence-electron chi connectivity index (χ4n) is 5.42. The van der Waals surface area contributed by atoms with Crippen molar-refractivity contribution in [2.24, 2.45) is 17.3 Å². The number of ether oxygens (including phenoxy) is 1. The van der Waals surface area contributed by atoms with Crippen LogP contribution >= 0.6 is 0 Å². The second-order valence-electron chi connectivity index (χ2n) is 8.73. The summed E-state index contributed by atoms with van der Waals surface area (Å²) in [6, 6.07) is -0.692. The Morgan fingerprint density at radius 1 is 1.12 bits per heavy atom. The molecule has 0 aromatic heterocycles. The molecule has 5 nitrogen and oxygen atoms in total. The van der Waals surface area contributed by atoms with Crippen LogP contribution in [-0.4, -0.2) is 30.8 Å². The van der Waals surface area contributed by atoms with Crippen LogP contribution in [0, 0.1) is 17.3 Å². The van der Waals surface area contributed by atoms with Gasteiger partial charge in [0.1, 0.15) is 11.8 Å². The number of esters is 1. The topological polar surface area (TPSA) is 72.5 Å². The summed E-state index contributed by atoms with van der Waals surface area (Å²) in [5.74, 6) is -0.349. The first-order valence-corrected chi connectivity index (χ1v) is 10.4. The number of carbonyl (C=O) groups excluding carboxylic acids is 3. The molecule has 1 amide bonds. The molecular formula is C21H33NO4. The maximum atomic E-state index is 12.8. The summed E-state index contributed by atoms with van der Waals surface area (Å²) in [6.07, 6.45) is 13.1. The Kier molecular flexibility index (Phi) is 6.36. The van der Waals surface area contributed by atoms with Gasteiger partial charge in [0.05, 0.1) is 7.11 Å². The highest BCUT2D eigenvalue weighted by molar-refractivity contribution is 5.87. The molecule has 0 bridgehead atoms. The molecule has 146 valence electrons. The summed E-state index contributed by atoms with van der Waals surface area (Å²) in [7, 11) is 1.34. The second kappa shape index (κ2) is 8.53. The standard InChI is InChI=1S/C21H33NO4/c1-26-20(25)17(13-15-7-3-4-8-18(15)23)22-19(24)16-9-12-21(14-16)10-5-2-6-11-21/h15-17H,2-14H2,1H3,(H,22,24)/t15-,16?,17-/m0/s1. The minimum absolute atomic E-state index is 0.00214. The molecule has 1 unspecified atom stereocenters. The summed E-state index contributed by atoms with van der Waals surface area (Å²) >= 11 is 0. The van der Waals surface area contributed by atoms with Gasteiger partial charge >= 0.3 is 5.97 Å². The number of nitrogens with one attached hydrogen (secondary N) is 1. The molecule has 3 aliphatic carbocycles. The van der Waals surface area contributed by atoms with E-state index in [0.717, 1.165) is 38.5 Å². The lowest BCUT2D eigenvalue weighted by atomic mass is 9.72. The zero-order valence-electron chi connectivity index (χ0n) is 16.1. The Labute approximate surface area is 156 Å². The van der Waals surface area contributed by atoms with Crippen molar-refractivity contribution in [1.82, 2.24) is 5.32 Å². The molecule has 5 heteroatoms. The molecule has 3 atom stereocenters. The van der Waals surface area contributed by atoms with Gasteiger partial charge in [-0.1, -0.05) is 25.7 Å². The van der Waals surface area contributed by atoms with E-state index in [0.29, 0.717) is 18.3 Å². The number of amides is 1. The lowest BCUT2D eigenvalue weighted by molar-refractivity contribution is -0.146. The highest BCUT2D eigenvalue weighted by Crippen LogP contribution is 2.51. The molecule has 0 radical (unpaired) electrons. The van der Waals surface area contributed by atoms with Crippen LogP contribution in [0.2, 0.25) is 0 Å². The Hall–Kier alpha value is -1.39. The van der Waals surface area contributed by atoms with Gasteiger partial charge in [-0.25, -0.2) is 4.79 Å². The largest absolute Gasteiger partial charge is 0.467 e. The molecule has 0 aromatic rings. The van der Waals surface area contributed by atoms with Gasteiger partial charge in [0.25, 0.3) is 0 Å². The van der Waals surface area contributed by atoms with Crippen molar-refractivity contribution in [3.05, 3.63) is 0 Å². The van der Waals surface area contributed by atoms with Crippen molar-refractivity contribution in [1.29, 1.82) is 0 Å². The second-order valence-corrected chi connectivity index (χ2v) is 8.73. The first kappa shape index (κ1) is 19.4. The van der Waals surface area contributed by atoms with Crippen LogP contribution in [0.3, 0.4) is 0 Å². The Balaban J connectivity index is 1.58. The summed E-state index contributed by atoms with van der Waals surface area (Å²) in [5.41, 5.74) is 0.361. The molecule has 3 rings (SSSR count). The quantitative estimate of drug-likeness (QED) is 0.758. The van der Waals surface area contributed by atoms with Crippen LogP contribution in [-0.2, 0) is 19.1 Å². The van der Waals surface area contributed by atoms with Crippen molar-refractivity contribution >= 4 is 17.7 Å². The van der Waals surface area contributed by atoms with E-state index >= 15 is 0 Å². The molecule has 3 saturated carbocycles. The monoisotopic (exact) mass is 363 g/mol. The molecule has 3 aliphatic rings. The van der Waals surface area contributed by atoms with Crippen molar-refractivity contribution in [2.75, 3.05) is 7.11 Å². The lowest BCUT2D eigenvalue weighted by Gasteiger charge is -2.33. The van der Waals surface area contributed by atoms with Crippen LogP contribution in [0.15, 0.2) is 0 Å². The van der Waals surface area contributed by atoms with Crippen molar-refractivity contribution in [2.45, 2.75) is 89.5 Å². The first-order valence-electron chi connectivity index (χ1n) is 10.4. The van der Waals surface area contributed by atoms with E-state index in [9.17, 15) is 14.4 Å². The van der Waals surface area contributed by atoms with E-state index in [1.165, 1.54) is 39.2 Å². The maximum Gasteiger partial charge on any atom is 0.328 e. The number of carbonyl (C=O) groups is 3. The zero-order chi connectivity index (χ0) is 18.6. The molecule has 26 heavy (non-hydrogen) atoms. The molecule has 0 aliphatic heterocycles. The average Bonchev–Trinajstić information content (AvgIpc) is 3.06. The Morgan fingerprint density at radius 2 is 1.88 bits per heavy atom. The molecule has 0 aromatic carbocycles. The molecule has 0 heterocycles. The van der Waals surface area contributed by atoms with E-state index in [-0.39, 0.29) is 23.5 Å². The number of hydrogen-bond donors (Lipinski definition) is 1. The molecular weight excluding hydrogens is 330 g/mol. The van der Waals surface area contributed by atoms with Crippen LogP contribution < -0.4 is 5.32 Å². The predicted molar refractivity (Wildman–Crippen MR) is 98.4 cm³/mol. The first-order chi connectivity index (χ1) is 12.5. The van der Waals surface area contributed by atoms with Gasteiger partial charge in [0, 0.05) is 18.3 Å². The van der Waals surface area contributed by atoms with Crippen LogP contribution in [0.25, 0.3) is 0 Å². The van der Waals surface area contributed by atoms with Gasteiger partial charge in [-0.05, 0) is 56.8 Å². The third-order valence-electron chi connectivity index (χ3n) is 6.99. The Morgan fingerprint density at radius 3 is 2.58 bits per heavy atom. The summed E-state index contributed by atoms with van der Waals surface area (Å²) in [4.78, 5) is 37.1. The summed E-state index contributed by atoms with van der Waals surface area (Å²) in [5, 5.41) is 2.93. The van der Waals surface area contributed by atoms with Crippen molar-refractivity contribution < 1.29 is 19.1 Å². The maximum absolute atomic E-state index is 12.8. The molecule has 0 saturated heterocycles. The number of Topliss-reactive ketones (excluding diaryl/α,β-unsaturated/α-hetero) is 1. The number of hydrogen-bond acceptors (Lipinski definition) is 4. The highest BCUT2D eigenvalue weighted by atomic mass is 16.5. The smallest absolute Gasteiger partial charge is 0.328 e. The van der Waals surface area contributed by atoms with Gasteiger partial charge in [-0.3, -0.25) is 9.59 Å². The van der Waals surface area contributed by atoms with Gasteiger partial charge in [-0.15, -0.1) is 0 Å². The number of rotatable bonds is 5. The number of methoxy groups -OCH3 is 1. The fourth-order valence-corrected chi connectivity index (χ4v) is 5.42. The summed E-state index contributed by atoms with van der Waals surface area (Å²) in [6.45, 7) is 0. The van der Waals surface area contributed by atoms with Crippen molar-refractivity contribution in [3.8, 4) is 0 Å². The van der Waals surface area contributed by atoms with E-state index in [1.54, 1.807) is 0 Å². The zero-order valence-corrected chi connectivity index (χ0v) is 16.1. The third kappa shape index (κ3) is 4.47. The van der Waals surface area contributed by atoms with Crippen LogP contribution in [0.1, 0.15) is 83.5 Å². The SMILES string of the molecule is COC(=O)[C@H](C[C@@H]1CCCCC1=O)NC(=O)C1CCC2(CCCCC2)C1. The van der Waals surface area contributed by atoms with Gasteiger partial charge in [-0.2, -0.15) is 0 Å². The summed E-state index contributed by atoms with van der Waals surface area (Å²) < 4.78 is 4.90. The van der Waals surface area contributed by atoms with Gasteiger partial charge in [0.15, 0.2) is 0 Å². The number of ketones is 1. The van der Waals surface area contributed by atoms with E-state index in [1.807, 2.05) is 0 Å². The van der Waals surface area contributed by atoms with Gasteiger partial charge in [0.2, 0.25) is 5.91 Å². The molecule has 1 N–H and O–H groups in total. The van der Waals surface area contributed by atoms with E-state index in [2.05, 4.69) is 5.32 Å².